The molecule has 2 aromatic rings. The number of hydrogen-bond acceptors (Lipinski definition) is 3. The van der Waals surface area contributed by atoms with Crippen LogP contribution in [0, 0.1) is 0 Å². The van der Waals surface area contributed by atoms with Gasteiger partial charge in [-0.25, -0.2) is 0 Å². The molecule has 3 rings (SSSR count). The van der Waals surface area contributed by atoms with Gasteiger partial charge in [0.1, 0.15) is 11.6 Å². The summed E-state index contributed by atoms with van der Waals surface area (Å²) >= 11 is 0. The van der Waals surface area contributed by atoms with Crippen LogP contribution in [0.3, 0.4) is 0 Å². The molecule has 0 fully saturated rings. The lowest BCUT2D eigenvalue weighted by molar-refractivity contribution is 0.418. The minimum atomic E-state index is 0.248. The molecule has 1 aliphatic heterocycles. The number of benzene rings is 1. The Morgan fingerprint density at radius 3 is 2.81 bits per heavy atom. The summed E-state index contributed by atoms with van der Waals surface area (Å²) in [5.41, 5.74) is 1.38. The summed E-state index contributed by atoms with van der Waals surface area (Å²) in [7, 11) is 0. The molecule has 0 saturated carbocycles. The molecule has 0 saturated heterocycles. The summed E-state index contributed by atoms with van der Waals surface area (Å²) < 4.78 is 2.28. The molecule has 1 aliphatic rings. The zero-order chi connectivity index (χ0) is 14.7. The summed E-state index contributed by atoms with van der Waals surface area (Å²) in [5.74, 6) is 2.24. The van der Waals surface area contributed by atoms with Gasteiger partial charge in [0.05, 0.1) is 6.04 Å². The second-order valence-corrected chi connectivity index (χ2v) is 5.91. The number of rotatable bonds is 6. The highest BCUT2D eigenvalue weighted by atomic mass is 15.3. The van der Waals surface area contributed by atoms with E-state index in [0.717, 1.165) is 37.5 Å². The number of nitrogens with zero attached hydrogens (tertiary/aromatic N) is 3. The van der Waals surface area contributed by atoms with Gasteiger partial charge in [0, 0.05) is 19.0 Å². The van der Waals surface area contributed by atoms with Gasteiger partial charge in [-0.3, -0.25) is 0 Å². The van der Waals surface area contributed by atoms with E-state index in [4.69, 9.17) is 0 Å². The molecule has 21 heavy (non-hydrogen) atoms. The van der Waals surface area contributed by atoms with E-state index in [-0.39, 0.29) is 6.04 Å². The van der Waals surface area contributed by atoms with Crippen molar-refractivity contribution in [3.63, 3.8) is 0 Å². The maximum absolute atomic E-state index is 4.38. The molecule has 2 heterocycles. The van der Waals surface area contributed by atoms with Gasteiger partial charge in [0.15, 0.2) is 0 Å². The van der Waals surface area contributed by atoms with E-state index in [2.05, 4.69) is 64.3 Å². The fraction of sp³-hybridized carbons (Fsp3) is 0.529. The molecule has 0 amide bonds. The van der Waals surface area contributed by atoms with Gasteiger partial charge in [0.25, 0.3) is 0 Å². The van der Waals surface area contributed by atoms with Crippen LogP contribution in [-0.2, 0) is 19.4 Å². The second-order valence-electron chi connectivity index (χ2n) is 5.91. The summed E-state index contributed by atoms with van der Waals surface area (Å²) in [6.45, 7) is 5.50. The molecule has 112 valence electrons. The summed E-state index contributed by atoms with van der Waals surface area (Å²) in [6.07, 6.45) is 4.44. The van der Waals surface area contributed by atoms with Crippen LogP contribution in [0.5, 0.6) is 0 Å². The summed E-state index contributed by atoms with van der Waals surface area (Å²) in [6, 6.07) is 11.4. The maximum Gasteiger partial charge on any atom is 0.149 e. The van der Waals surface area contributed by atoms with Crippen molar-refractivity contribution in [3.8, 4) is 0 Å². The molecule has 4 heteroatoms. The first-order chi connectivity index (χ1) is 10.3. The lowest BCUT2D eigenvalue weighted by Gasteiger charge is -2.22. The van der Waals surface area contributed by atoms with Crippen molar-refractivity contribution < 1.29 is 0 Å². The van der Waals surface area contributed by atoms with E-state index in [1.165, 1.54) is 12.0 Å². The van der Waals surface area contributed by atoms with Crippen molar-refractivity contribution in [2.75, 3.05) is 0 Å². The second kappa shape index (κ2) is 6.39. The molecule has 1 aromatic heterocycles. The van der Waals surface area contributed by atoms with Gasteiger partial charge >= 0.3 is 0 Å². The van der Waals surface area contributed by atoms with Crippen LogP contribution in [0.2, 0.25) is 0 Å². The number of aryl methyl sites for hydroxylation is 1. The predicted octanol–water partition coefficient (Wildman–Crippen LogP) is 2.90. The quantitative estimate of drug-likeness (QED) is 0.887. The molecule has 1 N–H and O–H groups in total. The Morgan fingerprint density at radius 1 is 1.24 bits per heavy atom. The molecule has 4 nitrogen and oxygen atoms in total. The average Bonchev–Trinajstić information content (AvgIpc) is 3.10. The van der Waals surface area contributed by atoms with Gasteiger partial charge in [-0.2, -0.15) is 0 Å². The third-order valence-electron chi connectivity index (χ3n) is 4.33. The van der Waals surface area contributed by atoms with E-state index in [1.807, 2.05) is 0 Å². The molecule has 0 spiro atoms. The fourth-order valence-electron chi connectivity index (χ4n) is 3.14. The van der Waals surface area contributed by atoms with Gasteiger partial charge in [-0.1, -0.05) is 37.3 Å². The SMILES string of the molecule is CCC(Cc1ccccc1)NC(C)c1nnc2n1CCC2. The van der Waals surface area contributed by atoms with Crippen molar-refractivity contribution >= 4 is 0 Å². The van der Waals surface area contributed by atoms with Gasteiger partial charge < -0.3 is 9.88 Å². The van der Waals surface area contributed by atoms with Crippen LogP contribution in [0.25, 0.3) is 0 Å². The van der Waals surface area contributed by atoms with Crippen LogP contribution < -0.4 is 5.32 Å². The smallest absolute Gasteiger partial charge is 0.149 e. The van der Waals surface area contributed by atoms with E-state index < -0.39 is 0 Å². The largest absolute Gasteiger partial charge is 0.314 e. The van der Waals surface area contributed by atoms with E-state index >= 15 is 0 Å². The van der Waals surface area contributed by atoms with E-state index in [1.54, 1.807) is 0 Å². The molecule has 0 radical (unpaired) electrons. The Balaban J connectivity index is 1.66. The maximum atomic E-state index is 4.38. The zero-order valence-electron chi connectivity index (χ0n) is 12.9. The van der Waals surface area contributed by atoms with Crippen LogP contribution in [0.1, 0.15) is 49.9 Å². The molecular formula is C17H24N4. The highest BCUT2D eigenvalue weighted by Crippen LogP contribution is 2.20. The van der Waals surface area contributed by atoms with Crippen molar-refractivity contribution in [2.24, 2.45) is 0 Å². The summed E-state index contributed by atoms with van der Waals surface area (Å²) in [4.78, 5) is 0. The average molecular weight is 284 g/mol. The number of hydrogen-bond donors (Lipinski definition) is 1. The standard InChI is InChI=1S/C17H24N4/c1-3-15(12-14-8-5-4-6-9-14)18-13(2)17-20-19-16-10-7-11-21(16)17/h4-6,8-9,13,15,18H,3,7,10-12H2,1-2H3. The molecule has 0 bridgehead atoms. The van der Waals surface area contributed by atoms with Gasteiger partial charge in [0.2, 0.25) is 0 Å². The van der Waals surface area contributed by atoms with Crippen LogP contribution >= 0.6 is 0 Å². The van der Waals surface area contributed by atoms with Crippen LogP contribution in [0.15, 0.2) is 30.3 Å². The van der Waals surface area contributed by atoms with Crippen molar-refractivity contribution in [1.82, 2.24) is 20.1 Å². The predicted molar refractivity (Wildman–Crippen MR) is 84.1 cm³/mol. The number of fused-ring (bicyclic) bond motifs is 1. The first-order valence-electron chi connectivity index (χ1n) is 8.00. The topological polar surface area (TPSA) is 42.7 Å². The van der Waals surface area contributed by atoms with E-state index in [9.17, 15) is 0 Å². The van der Waals surface area contributed by atoms with E-state index in [0.29, 0.717) is 6.04 Å². The molecule has 2 atom stereocenters. The Hall–Kier alpha value is -1.68. The molecule has 1 aromatic carbocycles. The van der Waals surface area contributed by atoms with Gasteiger partial charge in [-0.15, -0.1) is 10.2 Å². The van der Waals surface area contributed by atoms with Crippen molar-refractivity contribution in [1.29, 1.82) is 0 Å². The Bertz CT molecular complexity index is 576. The van der Waals surface area contributed by atoms with Crippen molar-refractivity contribution in [3.05, 3.63) is 47.5 Å². The number of nitrogens with one attached hydrogen (secondary N) is 1. The molecule has 2 unspecified atom stereocenters. The first kappa shape index (κ1) is 14.3. The Labute approximate surface area is 126 Å². The number of aromatic nitrogens is 3. The first-order valence-corrected chi connectivity index (χ1v) is 8.00. The fourth-order valence-corrected chi connectivity index (χ4v) is 3.14. The monoisotopic (exact) mass is 284 g/mol. The summed E-state index contributed by atoms with van der Waals surface area (Å²) in [5, 5.41) is 12.4. The third kappa shape index (κ3) is 3.16. The molecule has 0 aliphatic carbocycles. The minimum absolute atomic E-state index is 0.248. The van der Waals surface area contributed by atoms with Crippen LogP contribution in [-0.4, -0.2) is 20.8 Å². The van der Waals surface area contributed by atoms with Crippen LogP contribution in [0.4, 0.5) is 0 Å². The Morgan fingerprint density at radius 2 is 2.05 bits per heavy atom. The lowest BCUT2D eigenvalue weighted by Crippen LogP contribution is -2.34. The third-order valence-corrected chi connectivity index (χ3v) is 4.33. The highest BCUT2D eigenvalue weighted by Gasteiger charge is 2.22. The highest BCUT2D eigenvalue weighted by molar-refractivity contribution is 5.16. The lowest BCUT2D eigenvalue weighted by atomic mass is 10.0. The zero-order valence-corrected chi connectivity index (χ0v) is 12.9. The minimum Gasteiger partial charge on any atom is -0.314 e. The molecular weight excluding hydrogens is 260 g/mol. The van der Waals surface area contributed by atoms with Crippen molar-refractivity contribution in [2.45, 2.75) is 58.2 Å². The normalized spacial score (nSPS) is 16.7. The Kier molecular flexibility index (Phi) is 4.34. The van der Waals surface area contributed by atoms with Gasteiger partial charge in [-0.05, 0) is 31.7 Å².